The van der Waals surface area contributed by atoms with Gasteiger partial charge in [0.2, 0.25) is 5.91 Å². The highest BCUT2D eigenvalue weighted by atomic mass is 16.2. The van der Waals surface area contributed by atoms with E-state index in [0.717, 1.165) is 16.8 Å². The topological polar surface area (TPSA) is 111 Å². The molecule has 196 valence electrons. The van der Waals surface area contributed by atoms with E-state index in [1.165, 1.54) is 0 Å². The molecule has 0 radical (unpaired) electrons. The minimum atomic E-state index is -0.601. The zero-order valence-corrected chi connectivity index (χ0v) is 21.6. The summed E-state index contributed by atoms with van der Waals surface area (Å²) in [7, 11) is 0. The summed E-state index contributed by atoms with van der Waals surface area (Å²) in [4.78, 5) is 46.6. The first-order valence-electron chi connectivity index (χ1n) is 13.1. The number of hydrogen-bond acceptors (Lipinski definition) is 6. The molecule has 2 aliphatic heterocycles. The Morgan fingerprint density at radius 2 is 1.84 bits per heavy atom. The molecular weight excluding hydrogens is 480 g/mol. The van der Waals surface area contributed by atoms with Gasteiger partial charge < -0.3 is 10.2 Å². The van der Waals surface area contributed by atoms with E-state index in [9.17, 15) is 19.6 Å². The molecule has 0 aromatic carbocycles. The van der Waals surface area contributed by atoms with Crippen molar-refractivity contribution >= 4 is 17.3 Å². The summed E-state index contributed by atoms with van der Waals surface area (Å²) in [6.07, 6.45) is 6.08. The molecule has 1 N–H and O–H groups in total. The molecule has 0 saturated carbocycles. The quantitative estimate of drug-likeness (QED) is 0.562. The largest absolute Gasteiger partial charge is 0.349 e. The van der Waals surface area contributed by atoms with Gasteiger partial charge in [-0.2, -0.15) is 5.26 Å². The van der Waals surface area contributed by atoms with Crippen LogP contribution in [0.3, 0.4) is 0 Å². The number of likely N-dealkylation sites (tertiary alicyclic amines) is 2. The Morgan fingerprint density at radius 3 is 2.50 bits per heavy atom. The predicted octanol–water partition coefficient (Wildman–Crippen LogP) is 2.49. The minimum Gasteiger partial charge on any atom is -0.349 e. The van der Waals surface area contributed by atoms with Crippen molar-refractivity contribution in [2.45, 2.75) is 50.6 Å². The fraction of sp³-hybridized carbons (Fsp3) is 0.414. The lowest BCUT2D eigenvalue weighted by Crippen LogP contribution is -2.47. The smallest absolute Gasteiger partial charge is 0.267 e. The number of nitrogens with one attached hydrogen (secondary N) is 1. The fourth-order valence-electron chi connectivity index (χ4n) is 5.62. The van der Waals surface area contributed by atoms with Gasteiger partial charge in [0.25, 0.3) is 11.5 Å². The molecule has 2 amide bonds. The number of rotatable bonds is 5. The van der Waals surface area contributed by atoms with Crippen LogP contribution < -0.4 is 10.9 Å². The van der Waals surface area contributed by atoms with Crippen LogP contribution in [0.1, 0.15) is 54.2 Å². The summed E-state index contributed by atoms with van der Waals surface area (Å²) in [5, 5.41) is 13.0. The van der Waals surface area contributed by atoms with Gasteiger partial charge in [-0.3, -0.25) is 28.7 Å². The van der Waals surface area contributed by atoms with E-state index in [4.69, 9.17) is 0 Å². The number of nitriles is 1. The number of carbonyl (C=O) groups excluding carboxylic acids is 2. The Labute approximate surface area is 221 Å². The number of nitrogens with zero attached hydrogens (tertiary/aromatic N) is 5. The Morgan fingerprint density at radius 1 is 1.11 bits per heavy atom. The summed E-state index contributed by atoms with van der Waals surface area (Å²) >= 11 is 0. The van der Waals surface area contributed by atoms with E-state index >= 15 is 0 Å². The average Bonchev–Trinajstić information content (AvgIpc) is 2.96. The van der Waals surface area contributed by atoms with E-state index < -0.39 is 5.41 Å². The normalized spacial score (nSPS) is 18.2. The molecule has 5 heterocycles. The van der Waals surface area contributed by atoms with Gasteiger partial charge in [-0.1, -0.05) is 12.1 Å². The van der Waals surface area contributed by atoms with E-state index in [1.54, 1.807) is 40.8 Å². The third kappa shape index (κ3) is 5.04. The van der Waals surface area contributed by atoms with Crippen LogP contribution in [0, 0.1) is 11.3 Å². The number of amides is 2. The SMILES string of the molecule is CC(=O)N1CCC(NC(=O)c2cc(CN3CCC(C#N)(c4ccccn4)CC3)c3ccccn3c2=O)CC1. The lowest BCUT2D eigenvalue weighted by molar-refractivity contribution is -0.129. The van der Waals surface area contributed by atoms with Crippen molar-refractivity contribution in [3.63, 3.8) is 0 Å². The van der Waals surface area contributed by atoms with Crippen LogP contribution in [-0.2, 0) is 16.8 Å². The maximum absolute atomic E-state index is 13.3. The van der Waals surface area contributed by atoms with Gasteiger partial charge in [-0.25, -0.2) is 0 Å². The molecule has 0 spiro atoms. The minimum absolute atomic E-state index is 0.0388. The first kappa shape index (κ1) is 25.6. The highest BCUT2D eigenvalue weighted by Crippen LogP contribution is 2.34. The molecule has 5 rings (SSSR count). The standard InChI is InChI=1S/C29H32N6O3/c1-21(36)34-14-8-23(9-15-34)32-27(37)24-18-22(25-6-3-5-13-35(25)28(24)38)19-33-16-10-29(20-30,11-17-33)26-7-2-4-12-31-26/h2-7,12-13,18,23H,8-11,14-17,19H2,1H3,(H,32,37). The van der Waals surface area contributed by atoms with Gasteiger partial charge >= 0.3 is 0 Å². The van der Waals surface area contributed by atoms with Crippen molar-refractivity contribution < 1.29 is 9.59 Å². The second-order valence-corrected chi connectivity index (χ2v) is 10.3. The Bertz CT molecular complexity index is 1430. The van der Waals surface area contributed by atoms with Gasteiger partial charge in [-0.05, 0) is 61.6 Å². The molecule has 3 aromatic heterocycles. The van der Waals surface area contributed by atoms with Crippen molar-refractivity contribution in [3.8, 4) is 6.07 Å². The third-order valence-electron chi connectivity index (χ3n) is 7.95. The summed E-state index contributed by atoms with van der Waals surface area (Å²) in [5.74, 6) is -0.343. The van der Waals surface area contributed by atoms with Crippen LogP contribution in [0.4, 0.5) is 0 Å². The summed E-state index contributed by atoms with van der Waals surface area (Å²) in [5.41, 5.74) is 1.65. The van der Waals surface area contributed by atoms with Gasteiger partial charge in [0.1, 0.15) is 11.0 Å². The number of fused-ring (bicyclic) bond motifs is 1. The number of piperidine rings is 2. The number of pyridine rings is 3. The summed E-state index contributed by atoms with van der Waals surface area (Å²) in [6, 6.07) is 15.4. The predicted molar refractivity (Wildman–Crippen MR) is 142 cm³/mol. The van der Waals surface area contributed by atoms with E-state index in [2.05, 4.69) is 21.3 Å². The fourth-order valence-corrected chi connectivity index (χ4v) is 5.62. The van der Waals surface area contributed by atoms with Crippen molar-refractivity contribution in [2.24, 2.45) is 0 Å². The first-order valence-corrected chi connectivity index (χ1v) is 13.1. The van der Waals surface area contributed by atoms with Crippen molar-refractivity contribution in [2.75, 3.05) is 26.2 Å². The van der Waals surface area contributed by atoms with Crippen molar-refractivity contribution in [3.05, 3.63) is 82.0 Å². The second kappa shape index (κ2) is 10.8. The second-order valence-electron chi connectivity index (χ2n) is 10.3. The number of hydrogen-bond donors (Lipinski definition) is 1. The highest BCUT2D eigenvalue weighted by Gasteiger charge is 2.37. The lowest BCUT2D eigenvalue weighted by Gasteiger charge is -2.37. The molecule has 0 atom stereocenters. The summed E-state index contributed by atoms with van der Waals surface area (Å²) < 4.78 is 1.54. The number of carbonyl (C=O) groups is 2. The molecule has 3 aromatic rings. The zero-order valence-electron chi connectivity index (χ0n) is 21.6. The lowest BCUT2D eigenvalue weighted by atomic mass is 9.76. The molecule has 9 heteroatoms. The van der Waals surface area contributed by atoms with Crippen LogP contribution >= 0.6 is 0 Å². The third-order valence-corrected chi connectivity index (χ3v) is 7.95. The molecule has 2 aliphatic rings. The van der Waals surface area contributed by atoms with E-state index in [1.807, 2.05) is 30.3 Å². The summed E-state index contributed by atoms with van der Waals surface area (Å²) in [6.45, 7) is 4.73. The van der Waals surface area contributed by atoms with Crippen LogP contribution in [-0.4, -0.2) is 63.2 Å². The van der Waals surface area contributed by atoms with Crippen LogP contribution in [0.5, 0.6) is 0 Å². The van der Waals surface area contributed by atoms with Gasteiger partial charge in [-0.15, -0.1) is 0 Å². The zero-order chi connectivity index (χ0) is 26.7. The molecular formula is C29H32N6O3. The van der Waals surface area contributed by atoms with Crippen LogP contribution in [0.2, 0.25) is 0 Å². The number of aromatic nitrogens is 2. The molecule has 0 unspecified atom stereocenters. The van der Waals surface area contributed by atoms with Gasteiger partial charge in [0.05, 0.1) is 17.3 Å². The maximum atomic E-state index is 13.3. The van der Waals surface area contributed by atoms with Crippen molar-refractivity contribution in [1.29, 1.82) is 5.26 Å². The van der Waals surface area contributed by atoms with Gasteiger partial charge in [0, 0.05) is 58.1 Å². The molecule has 9 nitrogen and oxygen atoms in total. The van der Waals surface area contributed by atoms with E-state index in [-0.39, 0.29) is 29.0 Å². The molecule has 0 aliphatic carbocycles. The van der Waals surface area contributed by atoms with Gasteiger partial charge in [0.15, 0.2) is 0 Å². The first-order chi connectivity index (χ1) is 18.4. The van der Waals surface area contributed by atoms with E-state index in [0.29, 0.717) is 58.4 Å². The Hall–Kier alpha value is -4.03. The molecule has 2 saturated heterocycles. The monoisotopic (exact) mass is 512 g/mol. The van der Waals surface area contributed by atoms with Crippen LogP contribution in [0.25, 0.3) is 5.52 Å². The van der Waals surface area contributed by atoms with Crippen LogP contribution in [0.15, 0.2) is 59.7 Å². The average molecular weight is 513 g/mol. The molecule has 0 bridgehead atoms. The molecule has 38 heavy (non-hydrogen) atoms. The van der Waals surface area contributed by atoms with Crippen molar-refractivity contribution in [1.82, 2.24) is 24.5 Å². The molecule has 2 fully saturated rings. The maximum Gasteiger partial charge on any atom is 0.267 e. The Balaban J connectivity index is 1.34. The highest BCUT2D eigenvalue weighted by molar-refractivity contribution is 5.94. The Kier molecular flexibility index (Phi) is 7.25.